The number of carbonyl (C=O) groups is 1. The maximum absolute atomic E-state index is 12.3. The Kier molecular flexibility index (Phi) is 3.71. The van der Waals surface area contributed by atoms with E-state index < -0.39 is 6.10 Å². The molecule has 0 aliphatic carbocycles. The van der Waals surface area contributed by atoms with Gasteiger partial charge in [0.15, 0.2) is 6.10 Å². The molecule has 2 N–H and O–H groups in total. The van der Waals surface area contributed by atoms with Crippen LogP contribution in [0.2, 0.25) is 5.02 Å². The molecule has 2 aromatic rings. The summed E-state index contributed by atoms with van der Waals surface area (Å²) in [7, 11) is 0. The largest absolute Gasteiger partial charge is 0.477 e. The molecule has 1 aliphatic heterocycles. The van der Waals surface area contributed by atoms with Crippen LogP contribution in [0, 0.1) is 6.92 Å². The van der Waals surface area contributed by atoms with E-state index in [4.69, 9.17) is 16.3 Å². The third kappa shape index (κ3) is 2.95. The van der Waals surface area contributed by atoms with Crippen LogP contribution in [0.15, 0.2) is 42.5 Å². The predicted molar refractivity (Wildman–Crippen MR) is 84.2 cm³/mol. The number of anilines is 2. The molecule has 1 aliphatic rings. The number of aryl methyl sites for hydroxylation is 1. The molecule has 2 aromatic carbocycles. The van der Waals surface area contributed by atoms with Gasteiger partial charge in [0.05, 0.1) is 22.9 Å². The fraction of sp³-hybridized carbons (Fsp3) is 0.188. The van der Waals surface area contributed by atoms with Gasteiger partial charge in [0.1, 0.15) is 5.75 Å². The third-order valence-corrected chi connectivity index (χ3v) is 3.64. The van der Waals surface area contributed by atoms with Crippen LogP contribution in [0.1, 0.15) is 5.56 Å². The number of hydrogen-bond acceptors (Lipinski definition) is 3. The number of benzene rings is 2. The minimum atomic E-state index is -0.587. The van der Waals surface area contributed by atoms with Gasteiger partial charge in [-0.1, -0.05) is 29.8 Å². The van der Waals surface area contributed by atoms with E-state index in [1.807, 2.05) is 43.3 Å². The second kappa shape index (κ2) is 5.66. The van der Waals surface area contributed by atoms with Gasteiger partial charge in [0.25, 0.3) is 5.91 Å². The zero-order valence-electron chi connectivity index (χ0n) is 11.5. The Bertz CT molecular complexity index is 688. The highest BCUT2D eigenvalue weighted by Crippen LogP contribution is 2.29. The van der Waals surface area contributed by atoms with E-state index in [1.165, 1.54) is 0 Å². The molecule has 1 atom stereocenters. The van der Waals surface area contributed by atoms with Crippen molar-refractivity contribution in [2.45, 2.75) is 13.0 Å². The fourth-order valence-electron chi connectivity index (χ4n) is 2.21. The molecule has 0 saturated carbocycles. The van der Waals surface area contributed by atoms with E-state index in [0.717, 1.165) is 11.3 Å². The molecule has 0 aromatic heterocycles. The van der Waals surface area contributed by atoms with Crippen LogP contribution in [0.3, 0.4) is 0 Å². The topological polar surface area (TPSA) is 50.4 Å². The Morgan fingerprint density at radius 2 is 2.14 bits per heavy atom. The van der Waals surface area contributed by atoms with Crippen molar-refractivity contribution in [2.24, 2.45) is 0 Å². The van der Waals surface area contributed by atoms with Crippen molar-refractivity contribution in [3.63, 3.8) is 0 Å². The Morgan fingerprint density at radius 1 is 1.33 bits per heavy atom. The number of nitrogens with one attached hydrogen (secondary N) is 2. The van der Waals surface area contributed by atoms with Crippen LogP contribution in [0.25, 0.3) is 0 Å². The summed E-state index contributed by atoms with van der Waals surface area (Å²) in [4.78, 5) is 12.3. The zero-order chi connectivity index (χ0) is 14.8. The van der Waals surface area contributed by atoms with Crippen LogP contribution >= 0.6 is 11.6 Å². The summed E-state index contributed by atoms with van der Waals surface area (Å²) in [6.07, 6.45) is -0.587. The zero-order valence-corrected chi connectivity index (χ0v) is 12.3. The van der Waals surface area contributed by atoms with Gasteiger partial charge >= 0.3 is 0 Å². The van der Waals surface area contributed by atoms with Crippen molar-refractivity contribution in [3.8, 4) is 5.75 Å². The molecule has 1 unspecified atom stereocenters. The number of carbonyl (C=O) groups excluding carboxylic acids is 1. The first-order valence-electron chi connectivity index (χ1n) is 6.70. The quantitative estimate of drug-likeness (QED) is 0.893. The van der Waals surface area contributed by atoms with Gasteiger partial charge in [0.2, 0.25) is 0 Å². The minimum Gasteiger partial charge on any atom is -0.477 e. The highest BCUT2D eigenvalue weighted by atomic mass is 35.5. The lowest BCUT2D eigenvalue weighted by molar-refractivity contribution is -0.122. The summed E-state index contributed by atoms with van der Waals surface area (Å²) in [5, 5.41) is 6.51. The Hall–Kier alpha value is -2.20. The summed E-state index contributed by atoms with van der Waals surface area (Å²) >= 11 is 6.09. The summed E-state index contributed by atoms with van der Waals surface area (Å²) in [5.74, 6) is 0.462. The van der Waals surface area contributed by atoms with Crippen LogP contribution in [0.5, 0.6) is 5.75 Å². The number of fused-ring (bicyclic) bond motifs is 1. The monoisotopic (exact) mass is 302 g/mol. The van der Waals surface area contributed by atoms with Crippen molar-refractivity contribution in [2.75, 3.05) is 17.2 Å². The average molecular weight is 303 g/mol. The third-order valence-electron chi connectivity index (χ3n) is 3.31. The Labute approximate surface area is 128 Å². The summed E-state index contributed by atoms with van der Waals surface area (Å²) in [6, 6.07) is 13.0. The number of para-hydroxylation sites is 2. The molecular weight excluding hydrogens is 288 g/mol. The second-order valence-corrected chi connectivity index (χ2v) is 5.36. The van der Waals surface area contributed by atoms with E-state index in [2.05, 4.69) is 10.6 Å². The maximum Gasteiger partial charge on any atom is 0.267 e. The first kappa shape index (κ1) is 13.8. The molecule has 0 radical (unpaired) electrons. The molecule has 5 heteroatoms. The van der Waals surface area contributed by atoms with Gasteiger partial charge < -0.3 is 15.4 Å². The van der Waals surface area contributed by atoms with E-state index >= 15 is 0 Å². The molecule has 4 nitrogen and oxygen atoms in total. The first-order valence-corrected chi connectivity index (χ1v) is 7.08. The van der Waals surface area contributed by atoms with Crippen molar-refractivity contribution >= 4 is 28.9 Å². The highest BCUT2D eigenvalue weighted by molar-refractivity contribution is 6.33. The molecule has 108 valence electrons. The van der Waals surface area contributed by atoms with E-state index in [9.17, 15) is 4.79 Å². The standard InChI is InChI=1S/C16H15ClN2O2/c1-10-6-7-11(17)13(8-10)19-16(20)15-9-18-12-4-2-3-5-14(12)21-15/h2-8,15,18H,9H2,1H3,(H,19,20). The molecule has 1 heterocycles. The molecule has 0 saturated heterocycles. The average Bonchev–Trinajstić information content (AvgIpc) is 2.50. The lowest BCUT2D eigenvalue weighted by atomic mass is 10.2. The molecule has 0 bridgehead atoms. The molecule has 1 amide bonds. The summed E-state index contributed by atoms with van der Waals surface area (Å²) < 4.78 is 5.72. The number of ether oxygens (including phenoxy) is 1. The number of amides is 1. The molecule has 21 heavy (non-hydrogen) atoms. The lowest BCUT2D eigenvalue weighted by Crippen LogP contribution is -2.41. The Morgan fingerprint density at radius 3 is 3.00 bits per heavy atom. The van der Waals surface area contributed by atoms with E-state index in [1.54, 1.807) is 6.07 Å². The number of rotatable bonds is 2. The maximum atomic E-state index is 12.3. The molecule has 0 spiro atoms. The summed E-state index contributed by atoms with van der Waals surface area (Å²) in [6.45, 7) is 2.37. The van der Waals surface area contributed by atoms with Crippen LogP contribution in [-0.4, -0.2) is 18.6 Å². The first-order chi connectivity index (χ1) is 10.1. The SMILES string of the molecule is Cc1ccc(Cl)c(NC(=O)C2CNc3ccccc3O2)c1. The van der Waals surface area contributed by atoms with Crippen LogP contribution in [0.4, 0.5) is 11.4 Å². The predicted octanol–water partition coefficient (Wildman–Crippen LogP) is 3.46. The summed E-state index contributed by atoms with van der Waals surface area (Å²) in [5.41, 5.74) is 2.53. The minimum absolute atomic E-state index is 0.218. The van der Waals surface area contributed by atoms with E-state index in [-0.39, 0.29) is 5.91 Å². The van der Waals surface area contributed by atoms with Gasteiger partial charge in [-0.15, -0.1) is 0 Å². The van der Waals surface area contributed by atoms with Gasteiger partial charge in [-0.3, -0.25) is 4.79 Å². The van der Waals surface area contributed by atoms with Crippen LogP contribution < -0.4 is 15.4 Å². The number of halogens is 1. The molecule has 3 rings (SSSR count). The normalized spacial score (nSPS) is 16.4. The van der Waals surface area contributed by atoms with Crippen molar-refractivity contribution in [1.82, 2.24) is 0 Å². The lowest BCUT2D eigenvalue weighted by Gasteiger charge is -2.26. The molecular formula is C16H15ClN2O2. The van der Waals surface area contributed by atoms with Gasteiger partial charge in [-0.2, -0.15) is 0 Å². The Balaban J connectivity index is 1.74. The van der Waals surface area contributed by atoms with Gasteiger partial charge in [-0.05, 0) is 36.8 Å². The van der Waals surface area contributed by atoms with Crippen LogP contribution in [-0.2, 0) is 4.79 Å². The van der Waals surface area contributed by atoms with E-state index in [0.29, 0.717) is 23.0 Å². The fourth-order valence-corrected chi connectivity index (χ4v) is 2.37. The van der Waals surface area contributed by atoms with Gasteiger partial charge in [0, 0.05) is 0 Å². The smallest absolute Gasteiger partial charge is 0.267 e. The van der Waals surface area contributed by atoms with Crippen molar-refractivity contribution in [3.05, 3.63) is 53.1 Å². The number of hydrogen-bond donors (Lipinski definition) is 2. The second-order valence-electron chi connectivity index (χ2n) is 4.96. The highest BCUT2D eigenvalue weighted by Gasteiger charge is 2.26. The molecule has 0 fully saturated rings. The van der Waals surface area contributed by atoms with Crippen molar-refractivity contribution in [1.29, 1.82) is 0 Å². The van der Waals surface area contributed by atoms with Gasteiger partial charge in [-0.25, -0.2) is 0 Å². The van der Waals surface area contributed by atoms with Crippen molar-refractivity contribution < 1.29 is 9.53 Å².